The molecule has 4 aromatic carbocycles. The number of benzene rings is 4. The van der Waals surface area contributed by atoms with Crippen LogP contribution in [0.3, 0.4) is 0 Å². The van der Waals surface area contributed by atoms with E-state index >= 15 is 0 Å². The second-order valence-corrected chi connectivity index (χ2v) is 10.0. The van der Waals surface area contributed by atoms with Gasteiger partial charge >= 0.3 is 0 Å². The maximum Gasteiger partial charge on any atom is 0.259 e. The Morgan fingerprint density at radius 3 is 2.27 bits per heavy atom. The molecule has 0 spiro atoms. The van der Waals surface area contributed by atoms with E-state index in [2.05, 4.69) is 10.6 Å². The molecule has 5 rings (SSSR count). The Balaban J connectivity index is 1.40. The first-order valence-corrected chi connectivity index (χ1v) is 13.8. The van der Waals surface area contributed by atoms with Crippen LogP contribution in [0.4, 0.5) is 0 Å². The van der Waals surface area contributed by atoms with Crippen molar-refractivity contribution in [2.75, 3.05) is 13.1 Å². The lowest BCUT2D eigenvalue weighted by Gasteiger charge is -2.19. The van der Waals surface area contributed by atoms with Gasteiger partial charge in [-0.05, 0) is 47.5 Å². The van der Waals surface area contributed by atoms with E-state index in [0.717, 1.165) is 16.3 Å². The molecule has 8 nitrogen and oxygen atoms in total. The number of amides is 2. The highest BCUT2D eigenvalue weighted by molar-refractivity contribution is 5.91. The molecular weight excluding hydrogens is 516 g/mol. The van der Waals surface area contributed by atoms with Gasteiger partial charge in [0.05, 0.1) is 10.9 Å². The van der Waals surface area contributed by atoms with Crippen molar-refractivity contribution in [3.05, 3.63) is 117 Å². The number of hydrogen-bond acceptors (Lipinski definition) is 5. The molecule has 0 aliphatic carbocycles. The van der Waals surface area contributed by atoms with Crippen LogP contribution in [0.1, 0.15) is 18.4 Å². The van der Waals surface area contributed by atoms with E-state index in [9.17, 15) is 19.2 Å². The first-order valence-electron chi connectivity index (χ1n) is 13.8. The normalized spacial score (nSPS) is 11.9. The quantitative estimate of drug-likeness (QED) is 0.231. The van der Waals surface area contributed by atoms with Crippen LogP contribution in [0.15, 0.2) is 101 Å². The van der Waals surface area contributed by atoms with E-state index in [4.69, 9.17) is 5.73 Å². The van der Waals surface area contributed by atoms with E-state index < -0.39 is 6.04 Å². The van der Waals surface area contributed by atoms with Gasteiger partial charge in [0.25, 0.3) is 5.56 Å². The van der Waals surface area contributed by atoms with Crippen LogP contribution < -0.4 is 27.4 Å². The molecule has 0 saturated heterocycles. The first-order chi connectivity index (χ1) is 20.0. The van der Waals surface area contributed by atoms with Crippen LogP contribution in [-0.4, -0.2) is 35.5 Å². The lowest BCUT2D eigenvalue weighted by atomic mass is 10.0. The van der Waals surface area contributed by atoms with Crippen molar-refractivity contribution in [3.8, 4) is 0 Å². The fraction of sp³-hybridized carbons (Fsp3) is 0.212. The Bertz CT molecular complexity index is 1860. The largest absolute Gasteiger partial charge is 0.354 e. The zero-order chi connectivity index (χ0) is 28.8. The summed E-state index contributed by atoms with van der Waals surface area (Å²) in [7, 11) is 0. The molecule has 5 aromatic rings. The van der Waals surface area contributed by atoms with Crippen molar-refractivity contribution in [3.63, 3.8) is 0 Å². The van der Waals surface area contributed by atoms with Crippen LogP contribution in [0, 0.1) is 0 Å². The third kappa shape index (κ3) is 6.18. The minimum absolute atomic E-state index is 0.0424. The van der Waals surface area contributed by atoms with Gasteiger partial charge in [0.15, 0.2) is 5.43 Å². The van der Waals surface area contributed by atoms with Gasteiger partial charge in [-0.1, -0.05) is 72.8 Å². The number of aromatic nitrogens is 1. The predicted octanol–water partition coefficient (Wildman–Crippen LogP) is 3.25. The third-order valence-corrected chi connectivity index (χ3v) is 7.23. The summed E-state index contributed by atoms with van der Waals surface area (Å²) in [6.07, 6.45) is 0.873. The summed E-state index contributed by atoms with van der Waals surface area (Å²) in [5, 5.41) is 8.90. The summed E-state index contributed by atoms with van der Waals surface area (Å²) in [5.41, 5.74) is 6.36. The number of fused-ring (bicyclic) bond motifs is 3. The Morgan fingerprint density at radius 1 is 0.805 bits per heavy atom. The highest BCUT2D eigenvalue weighted by Gasteiger charge is 2.22. The summed E-state index contributed by atoms with van der Waals surface area (Å²) >= 11 is 0. The molecule has 41 heavy (non-hydrogen) atoms. The Kier molecular flexibility index (Phi) is 8.50. The molecule has 2 amide bonds. The smallest absolute Gasteiger partial charge is 0.259 e. The standard InChI is InChI=1S/C33H32N4O4/c34-17-7-18-35-32(40)28(21-22-14-15-23-8-1-2-9-24(23)20-22)36-30(38)16-19-37-29-13-6-5-12-27(29)31(39)25-10-3-4-11-26(25)33(37)41/h1-6,8-15,20,28H,7,16-19,21,34H2,(H,35,40)(H,36,38)/t28-/m1/s1. The molecular formula is C33H32N4O4. The van der Waals surface area contributed by atoms with Crippen LogP contribution in [-0.2, 0) is 22.6 Å². The summed E-state index contributed by atoms with van der Waals surface area (Å²) < 4.78 is 1.47. The Labute approximate surface area is 236 Å². The average Bonchev–Trinajstić information content (AvgIpc) is 3.08. The fourth-order valence-electron chi connectivity index (χ4n) is 5.12. The second-order valence-electron chi connectivity index (χ2n) is 10.0. The van der Waals surface area contributed by atoms with E-state index in [-0.39, 0.29) is 35.8 Å². The van der Waals surface area contributed by atoms with E-state index in [1.165, 1.54) is 4.57 Å². The van der Waals surface area contributed by atoms with Crippen molar-refractivity contribution in [1.29, 1.82) is 0 Å². The van der Waals surface area contributed by atoms with Gasteiger partial charge in [0, 0.05) is 36.7 Å². The van der Waals surface area contributed by atoms with Crippen molar-refractivity contribution >= 4 is 44.3 Å². The zero-order valence-electron chi connectivity index (χ0n) is 22.6. The van der Waals surface area contributed by atoms with Crippen molar-refractivity contribution in [2.45, 2.75) is 31.8 Å². The predicted molar refractivity (Wildman–Crippen MR) is 163 cm³/mol. The van der Waals surface area contributed by atoms with E-state index in [1.807, 2.05) is 42.5 Å². The minimum atomic E-state index is -0.809. The Morgan fingerprint density at radius 2 is 1.49 bits per heavy atom. The molecule has 0 saturated carbocycles. The topological polar surface area (TPSA) is 123 Å². The lowest BCUT2D eigenvalue weighted by molar-refractivity contribution is -0.129. The summed E-state index contributed by atoms with van der Waals surface area (Å²) in [6.45, 7) is 0.895. The molecule has 4 N–H and O–H groups in total. The number of carbonyl (C=O) groups is 2. The van der Waals surface area contributed by atoms with Crippen LogP contribution in [0.25, 0.3) is 32.4 Å². The summed E-state index contributed by atoms with van der Waals surface area (Å²) in [6, 6.07) is 26.7. The van der Waals surface area contributed by atoms with Crippen molar-refractivity contribution < 1.29 is 9.59 Å². The maximum atomic E-state index is 13.6. The second kappa shape index (κ2) is 12.6. The van der Waals surface area contributed by atoms with Gasteiger partial charge in [0.2, 0.25) is 11.8 Å². The zero-order valence-corrected chi connectivity index (χ0v) is 22.6. The average molecular weight is 549 g/mol. The molecule has 0 aliphatic heterocycles. The van der Waals surface area contributed by atoms with Gasteiger partial charge in [0.1, 0.15) is 6.04 Å². The van der Waals surface area contributed by atoms with Crippen molar-refractivity contribution in [1.82, 2.24) is 15.2 Å². The van der Waals surface area contributed by atoms with Gasteiger partial charge in [-0.15, -0.1) is 0 Å². The number of hydrogen-bond donors (Lipinski definition) is 3. The number of nitrogens with zero attached hydrogens (tertiary/aromatic N) is 1. The molecule has 208 valence electrons. The summed E-state index contributed by atoms with van der Waals surface area (Å²) in [4.78, 5) is 53.1. The number of nitrogens with one attached hydrogen (secondary N) is 2. The first kappa shape index (κ1) is 27.7. The number of para-hydroxylation sites is 1. The molecule has 0 unspecified atom stereocenters. The van der Waals surface area contributed by atoms with Crippen molar-refractivity contribution in [2.24, 2.45) is 5.73 Å². The van der Waals surface area contributed by atoms with E-state index in [1.54, 1.807) is 48.5 Å². The number of rotatable bonds is 10. The molecule has 1 aromatic heterocycles. The molecule has 0 bridgehead atoms. The Hall–Kier alpha value is -4.82. The highest BCUT2D eigenvalue weighted by atomic mass is 16.2. The molecule has 1 heterocycles. The SMILES string of the molecule is NCCCNC(=O)[C@@H](Cc1ccc2ccccc2c1)NC(=O)CCn1c(=O)c2ccccc2c(=O)c2ccccc21. The monoisotopic (exact) mass is 548 g/mol. The van der Waals surface area contributed by atoms with Crippen LogP contribution in [0.2, 0.25) is 0 Å². The lowest BCUT2D eigenvalue weighted by Crippen LogP contribution is -2.48. The van der Waals surface area contributed by atoms with Gasteiger partial charge in [-0.25, -0.2) is 0 Å². The maximum absolute atomic E-state index is 13.6. The van der Waals surface area contributed by atoms with Gasteiger partial charge in [-0.3, -0.25) is 19.2 Å². The number of aryl methyl sites for hydroxylation is 1. The van der Waals surface area contributed by atoms with Crippen LogP contribution >= 0.6 is 0 Å². The third-order valence-electron chi connectivity index (χ3n) is 7.23. The molecule has 1 atom stereocenters. The van der Waals surface area contributed by atoms with Gasteiger partial charge in [-0.2, -0.15) is 0 Å². The highest BCUT2D eigenvalue weighted by Crippen LogP contribution is 2.17. The minimum Gasteiger partial charge on any atom is -0.354 e. The summed E-state index contributed by atoms with van der Waals surface area (Å²) in [5.74, 6) is -0.672. The molecule has 0 fully saturated rings. The number of nitrogens with two attached hydrogens (primary N) is 1. The fourth-order valence-corrected chi connectivity index (χ4v) is 5.12. The number of carbonyl (C=O) groups excluding carboxylic acids is 2. The molecule has 8 heteroatoms. The molecule has 0 radical (unpaired) electrons. The van der Waals surface area contributed by atoms with Gasteiger partial charge < -0.3 is 20.9 Å². The molecule has 0 aliphatic rings. The van der Waals surface area contributed by atoms with Crippen LogP contribution in [0.5, 0.6) is 0 Å². The van der Waals surface area contributed by atoms with E-state index in [0.29, 0.717) is 47.6 Å².